The summed E-state index contributed by atoms with van der Waals surface area (Å²) in [5, 5.41) is 8.29. The first-order valence-electron chi connectivity index (χ1n) is 14.5. The van der Waals surface area contributed by atoms with E-state index in [2.05, 4.69) is 30.6 Å². The Morgan fingerprint density at radius 2 is 1.24 bits per heavy atom. The third-order valence-corrected chi connectivity index (χ3v) is 8.54. The Morgan fingerprint density at radius 3 is 1.60 bits per heavy atom. The van der Waals surface area contributed by atoms with Crippen molar-refractivity contribution in [2.24, 2.45) is 0 Å². The van der Waals surface area contributed by atoms with Gasteiger partial charge in [-0.2, -0.15) is 0 Å². The van der Waals surface area contributed by atoms with Gasteiger partial charge in [0.15, 0.2) is 10.3 Å². The molecule has 0 bridgehead atoms. The Morgan fingerprint density at radius 1 is 0.833 bits per heavy atom. The third-order valence-electron chi connectivity index (χ3n) is 7.42. The summed E-state index contributed by atoms with van der Waals surface area (Å²) < 4.78 is 11.2. The van der Waals surface area contributed by atoms with Gasteiger partial charge in [-0.25, -0.2) is 29.5 Å². The van der Waals surface area contributed by atoms with Crippen LogP contribution in [-0.4, -0.2) is 62.3 Å². The van der Waals surface area contributed by atoms with Crippen LogP contribution >= 0.6 is 23.5 Å². The summed E-state index contributed by atoms with van der Waals surface area (Å²) in [6, 6.07) is 0.711. The molecule has 42 heavy (non-hydrogen) atoms. The number of hydrogen-bond acceptors (Lipinski definition) is 12. The lowest BCUT2D eigenvalue weighted by molar-refractivity contribution is -0.216. The molecular weight excluding hydrogens is 573 g/mol. The second-order valence-electron chi connectivity index (χ2n) is 10.6. The van der Waals surface area contributed by atoms with E-state index in [0.717, 1.165) is 25.7 Å². The second-order valence-corrected chi connectivity index (χ2v) is 12.1. The molecule has 0 aromatic carbocycles. The molecule has 226 valence electrons. The number of carbonyl (C=O) groups is 2. The summed E-state index contributed by atoms with van der Waals surface area (Å²) in [6.45, 7) is 3.35. The molecule has 12 heteroatoms. The van der Waals surface area contributed by atoms with Crippen LogP contribution in [0.15, 0.2) is 34.9 Å². The topological polar surface area (TPSA) is 128 Å². The zero-order chi connectivity index (χ0) is 30.0. The molecule has 0 unspecified atom stereocenters. The largest absolute Gasteiger partial charge is 0.420 e. The van der Waals surface area contributed by atoms with Crippen molar-refractivity contribution >= 4 is 59.3 Å². The lowest BCUT2D eigenvalue weighted by Crippen LogP contribution is -2.35. The predicted octanol–water partition coefficient (Wildman–Crippen LogP) is 6.36. The SMILES string of the molecule is CCC(C)(OC(=O)/C=C/c1cnc(SC)nc1NC1CCCC1)OC(=O)/C=C/c1cnc(SC)nc1NC1CCCC1. The summed E-state index contributed by atoms with van der Waals surface area (Å²) in [5.41, 5.74) is 1.37. The molecule has 2 fully saturated rings. The molecule has 0 aliphatic heterocycles. The first-order valence-corrected chi connectivity index (χ1v) is 16.9. The van der Waals surface area contributed by atoms with Gasteiger partial charge in [0, 0.05) is 61.1 Å². The van der Waals surface area contributed by atoms with E-state index in [9.17, 15) is 9.59 Å². The van der Waals surface area contributed by atoms with Crippen molar-refractivity contribution in [2.45, 2.75) is 99.8 Å². The Labute approximate surface area is 256 Å². The first-order chi connectivity index (χ1) is 20.3. The number of ether oxygens (including phenoxy) is 2. The van der Waals surface area contributed by atoms with Crippen molar-refractivity contribution in [2.75, 3.05) is 23.1 Å². The van der Waals surface area contributed by atoms with Gasteiger partial charge in [0.05, 0.1) is 0 Å². The van der Waals surface area contributed by atoms with Gasteiger partial charge >= 0.3 is 11.9 Å². The van der Waals surface area contributed by atoms with Gasteiger partial charge in [-0.15, -0.1) is 0 Å². The van der Waals surface area contributed by atoms with Crippen LogP contribution in [0, 0.1) is 0 Å². The van der Waals surface area contributed by atoms with E-state index in [1.807, 2.05) is 12.5 Å². The summed E-state index contributed by atoms with van der Waals surface area (Å²) in [6.07, 6.45) is 22.5. The molecule has 2 aliphatic rings. The van der Waals surface area contributed by atoms with E-state index in [4.69, 9.17) is 9.47 Å². The molecule has 0 atom stereocenters. The summed E-state index contributed by atoms with van der Waals surface area (Å²) in [4.78, 5) is 43.5. The molecule has 2 N–H and O–H groups in total. The predicted molar refractivity (Wildman–Crippen MR) is 168 cm³/mol. The molecule has 0 saturated heterocycles. The minimum atomic E-state index is -1.45. The summed E-state index contributed by atoms with van der Waals surface area (Å²) in [7, 11) is 0. The van der Waals surface area contributed by atoms with Crippen LogP contribution in [0.1, 0.15) is 82.8 Å². The minimum Gasteiger partial charge on any atom is -0.420 e. The number of esters is 2. The molecule has 0 amide bonds. The number of carbonyl (C=O) groups excluding carboxylic acids is 2. The highest BCUT2D eigenvalue weighted by Crippen LogP contribution is 2.27. The van der Waals surface area contributed by atoms with Crippen LogP contribution in [0.3, 0.4) is 0 Å². The Balaban J connectivity index is 1.39. The molecule has 0 spiro atoms. The normalized spacial score (nSPS) is 16.4. The number of thioether (sulfide) groups is 2. The van der Waals surface area contributed by atoms with Crippen molar-refractivity contribution in [3.05, 3.63) is 35.7 Å². The quantitative estimate of drug-likeness (QED) is 0.0859. The van der Waals surface area contributed by atoms with Crippen molar-refractivity contribution in [3.63, 3.8) is 0 Å². The number of hydrogen-bond donors (Lipinski definition) is 2. The highest BCUT2D eigenvalue weighted by Gasteiger charge is 2.30. The fourth-order valence-corrected chi connectivity index (χ4v) is 5.60. The fraction of sp³-hybridized carbons (Fsp3) is 0.533. The van der Waals surface area contributed by atoms with E-state index in [1.165, 1.54) is 61.4 Å². The Kier molecular flexibility index (Phi) is 11.6. The highest BCUT2D eigenvalue weighted by molar-refractivity contribution is 7.98. The summed E-state index contributed by atoms with van der Waals surface area (Å²) in [5.74, 6) is -1.34. The van der Waals surface area contributed by atoms with Crippen LogP contribution in [0.2, 0.25) is 0 Å². The number of aromatic nitrogens is 4. The van der Waals surface area contributed by atoms with Crippen LogP contribution in [0.25, 0.3) is 12.2 Å². The van der Waals surface area contributed by atoms with E-state index in [0.29, 0.717) is 45.2 Å². The van der Waals surface area contributed by atoms with Crippen molar-refractivity contribution in [1.82, 2.24) is 19.9 Å². The van der Waals surface area contributed by atoms with Gasteiger partial charge in [0.25, 0.3) is 5.79 Å². The van der Waals surface area contributed by atoms with Crippen molar-refractivity contribution in [3.8, 4) is 0 Å². The van der Waals surface area contributed by atoms with Crippen LogP contribution in [-0.2, 0) is 19.1 Å². The first kappa shape index (κ1) is 31.8. The summed E-state index contributed by atoms with van der Waals surface area (Å²) >= 11 is 2.92. The molecule has 10 nitrogen and oxygen atoms in total. The number of anilines is 2. The zero-order valence-corrected chi connectivity index (χ0v) is 26.4. The molecule has 2 heterocycles. The van der Waals surface area contributed by atoms with Crippen LogP contribution in [0.5, 0.6) is 0 Å². The average molecular weight is 613 g/mol. The standard InChI is InChI=1S/C30H40N6O4S2/c1-5-30(2,39-24(37)16-14-20-18-31-28(41-3)35-26(20)33-22-10-6-7-11-22)40-25(38)17-15-21-19-32-29(42-4)36-27(21)34-23-12-8-9-13-23/h14-19,22-23H,5-13H2,1-4H3,(H,31,33,35)(H,32,34,36)/b16-14+,17-15+. The van der Waals surface area contributed by atoms with E-state index in [-0.39, 0.29) is 6.42 Å². The maximum Gasteiger partial charge on any atom is 0.334 e. The number of nitrogens with zero attached hydrogens (tertiary/aromatic N) is 4. The van der Waals surface area contributed by atoms with Crippen LogP contribution < -0.4 is 10.6 Å². The lowest BCUT2D eigenvalue weighted by atomic mass is 10.2. The fourth-order valence-electron chi connectivity index (χ4n) is 4.92. The Bertz CT molecular complexity index is 1200. The Hall–Kier alpha value is -3.12. The van der Waals surface area contributed by atoms with Gasteiger partial charge in [-0.1, -0.05) is 56.1 Å². The molecule has 4 rings (SSSR count). The van der Waals surface area contributed by atoms with Crippen molar-refractivity contribution < 1.29 is 19.1 Å². The molecule has 2 aromatic heterocycles. The van der Waals surface area contributed by atoms with Gasteiger partial charge < -0.3 is 20.1 Å². The van der Waals surface area contributed by atoms with Gasteiger partial charge in [0.2, 0.25) is 0 Å². The van der Waals surface area contributed by atoms with E-state index < -0.39 is 17.7 Å². The maximum absolute atomic E-state index is 12.8. The van der Waals surface area contributed by atoms with Gasteiger partial charge in [-0.3, -0.25) is 0 Å². The maximum atomic E-state index is 12.8. The van der Waals surface area contributed by atoms with Gasteiger partial charge in [0.1, 0.15) is 11.6 Å². The van der Waals surface area contributed by atoms with Crippen LogP contribution in [0.4, 0.5) is 11.6 Å². The zero-order valence-electron chi connectivity index (χ0n) is 24.7. The number of rotatable bonds is 13. The molecule has 2 saturated carbocycles. The van der Waals surface area contributed by atoms with E-state index in [1.54, 1.807) is 38.4 Å². The van der Waals surface area contributed by atoms with Gasteiger partial charge in [-0.05, 0) is 50.3 Å². The number of nitrogens with one attached hydrogen (secondary N) is 2. The molecule has 0 radical (unpaired) electrons. The monoisotopic (exact) mass is 612 g/mol. The minimum absolute atomic E-state index is 0.270. The highest BCUT2D eigenvalue weighted by atomic mass is 32.2. The molecule has 2 aromatic rings. The average Bonchev–Trinajstić information content (AvgIpc) is 3.70. The lowest BCUT2D eigenvalue weighted by Gasteiger charge is -2.26. The molecule has 2 aliphatic carbocycles. The van der Waals surface area contributed by atoms with E-state index >= 15 is 0 Å². The van der Waals surface area contributed by atoms with Crippen molar-refractivity contribution in [1.29, 1.82) is 0 Å². The smallest absolute Gasteiger partial charge is 0.334 e. The second kappa shape index (κ2) is 15.4. The third kappa shape index (κ3) is 9.19. The molecular formula is C30H40N6O4S2.